The van der Waals surface area contributed by atoms with Crippen LogP contribution in [-0.2, 0) is 6.54 Å². The van der Waals surface area contributed by atoms with Gasteiger partial charge < -0.3 is 11.5 Å². The molecule has 1 aromatic heterocycles. The number of hydrogen-bond acceptors (Lipinski definition) is 5. The Balaban J connectivity index is 2.37. The standard InChI is InChI=1S/C8H16N4S/c9-1-4-12(5-2-10)7-8-11-3-6-13-8/h3,6H,1-2,4-5,7,9-10H2. The van der Waals surface area contributed by atoms with E-state index < -0.39 is 0 Å². The minimum Gasteiger partial charge on any atom is -0.329 e. The molecule has 0 aliphatic heterocycles. The van der Waals surface area contributed by atoms with Crippen LogP contribution < -0.4 is 11.5 Å². The highest BCUT2D eigenvalue weighted by Crippen LogP contribution is 2.06. The average molecular weight is 200 g/mol. The molecule has 0 spiro atoms. The summed E-state index contributed by atoms with van der Waals surface area (Å²) in [5.74, 6) is 0. The first-order valence-electron chi connectivity index (χ1n) is 4.37. The third kappa shape index (κ3) is 3.82. The molecule has 0 fully saturated rings. The van der Waals surface area contributed by atoms with E-state index in [9.17, 15) is 0 Å². The Morgan fingerprint density at radius 1 is 1.31 bits per heavy atom. The van der Waals surface area contributed by atoms with Crippen LogP contribution in [0.3, 0.4) is 0 Å². The Morgan fingerprint density at radius 2 is 2.00 bits per heavy atom. The van der Waals surface area contributed by atoms with Gasteiger partial charge in [-0.25, -0.2) is 4.98 Å². The molecule has 1 rings (SSSR count). The second kappa shape index (κ2) is 6.04. The normalized spacial score (nSPS) is 11.0. The zero-order chi connectivity index (χ0) is 9.52. The van der Waals surface area contributed by atoms with Gasteiger partial charge in [-0.15, -0.1) is 11.3 Å². The van der Waals surface area contributed by atoms with Gasteiger partial charge in [0.05, 0.1) is 6.54 Å². The van der Waals surface area contributed by atoms with Gasteiger partial charge in [-0.3, -0.25) is 4.90 Å². The molecule has 0 saturated carbocycles. The first kappa shape index (κ1) is 10.6. The van der Waals surface area contributed by atoms with Crippen LogP contribution in [0.2, 0.25) is 0 Å². The van der Waals surface area contributed by atoms with Crippen molar-refractivity contribution in [2.24, 2.45) is 11.5 Å². The Hall–Kier alpha value is -0.490. The average Bonchev–Trinajstić information content (AvgIpc) is 2.58. The van der Waals surface area contributed by atoms with Gasteiger partial charge in [0, 0.05) is 37.8 Å². The second-order valence-corrected chi connectivity index (χ2v) is 3.76. The van der Waals surface area contributed by atoms with E-state index in [2.05, 4.69) is 9.88 Å². The molecule has 0 saturated heterocycles. The van der Waals surface area contributed by atoms with Crippen molar-refractivity contribution < 1.29 is 0 Å². The summed E-state index contributed by atoms with van der Waals surface area (Å²) in [6.07, 6.45) is 1.82. The Morgan fingerprint density at radius 3 is 2.46 bits per heavy atom. The number of nitrogens with two attached hydrogens (primary N) is 2. The molecule has 0 amide bonds. The fourth-order valence-corrected chi connectivity index (χ4v) is 1.82. The number of thiazole rings is 1. The molecule has 1 aromatic rings. The number of hydrogen-bond donors (Lipinski definition) is 2. The molecule has 0 aliphatic rings. The van der Waals surface area contributed by atoms with Crippen LogP contribution in [0.1, 0.15) is 5.01 Å². The van der Waals surface area contributed by atoms with Crippen LogP contribution in [-0.4, -0.2) is 36.1 Å². The first-order chi connectivity index (χ1) is 6.36. The van der Waals surface area contributed by atoms with Crippen molar-refractivity contribution in [1.29, 1.82) is 0 Å². The molecule has 0 bridgehead atoms. The van der Waals surface area contributed by atoms with Gasteiger partial charge in [-0.2, -0.15) is 0 Å². The van der Waals surface area contributed by atoms with E-state index in [-0.39, 0.29) is 0 Å². The van der Waals surface area contributed by atoms with Crippen LogP contribution in [0.5, 0.6) is 0 Å². The van der Waals surface area contributed by atoms with Crippen LogP contribution in [0.4, 0.5) is 0 Å². The van der Waals surface area contributed by atoms with Gasteiger partial charge in [0.15, 0.2) is 0 Å². The van der Waals surface area contributed by atoms with Gasteiger partial charge in [0.2, 0.25) is 0 Å². The highest BCUT2D eigenvalue weighted by atomic mass is 32.1. The van der Waals surface area contributed by atoms with E-state index in [4.69, 9.17) is 11.5 Å². The second-order valence-electron chi connectivity index (χ2n) is 2.78. The van der Waals surface area contributed by atoms with E-state index in [1.54, 1.807) is 11.3 Å². The molecule has 4 nitrogen and oxygen atoms in total. The molecule has 5 heteroatoms. The number of rotatable bonds is 6. The lowest BCUT2D eigenvalue weighted by atomic mass is 10.4. The van der Waals surface area contributed by atoms with Crippen molar-refractivity contribution in [1.82, 2.24) is 9.88 Å². The zero-order valence-electron chi connectivity index (χ0n) is 7.65. The van der Waals surface area contributed by atoms with E-state index in [1.165, 1.54) is 0 Å². The molecule has 1 heterocycles. The molecule has 0 radical (unpaired) electrons. The Bertz CT molecular complexity index is 206. The maximum atomic E-state index is 5.49. The quantitative estimate of drug-likeness (QED) is 0.671. The van der Waals surface area contributed by atoms with Gasteiger partial charge in [0.1, 0.15) is 5.01 Å². The van der Waals surface area contributed by atoms with Crippen molar-refractivity contribution in [2.45, 2.75) is 6.54 Å². The maximum Gasteiger partial charge on any atom is 0.107 e. The first-order valence-corrected chi connectivity index (χ1v) is 5.25. The summed E-state index contributed by atoms with van der Waals surface area (Å²) in [5.41, 5.74) is 11.0. The lowest BCUT2D eigenvalue weighted by molar-refractivity contribution is 0.280. The van der Waals surface area contributed by atoms with Crippen LogP contribution in [0.25, 0.3) is 0 Å². The van der Waals surface area contributed by atoms with E-state index >= 15 is 0 Å². The van der Waals surface area contributed by atoms with Crippen molar-refractivity contribution >= 4 is 11.3 Å². The Kier molecular flexibility index (Phi) is 4.92. The van der Waals surface area contributed by atoms with Crippen molar-refractivity contribution in [2.75, 3.05) is 26.2 Å². The van der Waals surface area contributed by atoms with Crippen molar-refractivity contribution in [3.63, 3.8) is 0 Å². The van der Waals surface area contributed by atoms with Crippen molar-refractivity contribution in [3.8, 4) is 0 Å². The number of aromatic nitrogens is 1. The summed E-state index contributed by atoms with van der Waals surface area (Å²) in [6.45, 7) is 3.98. The molecular weight excluding hydrogens is 184 g/mol. The van der Waals surface area contributed by atoms with E-state index in [1.807, 2.05) is 11.6 Å². The summed E-state index contributed by atoms with van der Waals surface area (Å²) in [6, 6.07) is 0. The summed E-state index contributed by atoms with van der Waals surface area (Å²) in [4.78, 5) is 6.44. The smallest absolute Gasteiger partial charge is 0.107 e. The lowest BCUT2D eigenvalue weighted by Gasteiger charge is -2.18. The van der Waals surface area contributed by atoms with Gasteiger partial charge in [-0.05, 0) is 0 Å². The molecule has 0 aliphatic carbocycles. The minimum atomic E-state index is 0.672. The molecule has 0 unspecified atom stereocenters. The monoisotopic (exact) mass is 200 g/mol. The van der Waals surface area contributed by atoms with E-state index in [0.717, 1.165) is 24.6 Å². The summed E-state index contributed by atoms with van der Waals surface area (Å²) < 4.78 is 0. The van der Waals surface area contributed by atoms with Gasteiger partial charge >= 0.3 is 0 Å². The summed E-state index contributed by atoms with van der Waals surface area (Å²) in [5, 5.41) is 3.11. The third-order valence-corrected chi connectivity index (χ3v) is 2.50. The Labute approximate surface area is 82.6 Å². The van der Waals surface area contributed by atoms with Crippen molar-refractivity contribution in [3.05, 3.63) is 16.6 Å². The highest BCUT2D eigenvalue weighted by Gasteiger charge is 2.04. The van der Waals surface area contributed by atoms with Crippen LogP contribution >= 0.6 is 11.3 Å². The predicted molar refractivity (Wildman–Crippen MR) is 55.5 cm³/mol. The van der Waals surface area contributed by atoms with Crippen LogP contribution in [0.15, 0.2) is 11.6 Å². The predicted octanol–water partition coefficient (Wildman–Crippen LogP) is -0.138. The van der Waals surface area contributed by atoms with E-state index in [0.29, 0.717) is 13.1 Å². The maximum absolute atomic E-state index is 5.49. The largest absolute Gasteiger partial charge is 0.329 e. The molecule has 74 valence electrons. The van der Waals surface area contributed by atoms with Gasteiger partial charge in [0.25, 0.3) is 0 Å². The number of nitrogens with zero attached hydrogens (tertiary/aromatic N) is 2. The molecular formula is C8H16N4S. The fraction of sp³-hybridized carbons (Fsp3) is 0.625. The van der Waals surface area contributed by atoms with Crippen LogP contribution in [0, 0.1) is 0 Å². The van der Waals surface area contributed by atoms with Gasteiger partial charge in [-0.1, -0.05) is 0 Å². The fourth-order valence-electron chi connectivity index (χ4n) is 1.16. The lowest BCUT2D eigenvalue weighted by Crippen LogP contribution is -2.33. The summed E-state index contributed by atoms with van der Waals surface area (Å²) >= 11 is 1.67. The topological polar surface area (TPSA) is 68.2 Å². The minimum absolute atomic E-state index is 0.672. The molecule has 0 atom stereocenters. The SMILES string of the molecule is NCCN(CCN)Cc1nccs1. The molecule has 13 heavy (non-hydrogen) atoms. The third-order valence-electron chi connectivity index (χ3n) is 1.73. The molecule has 0 aromatic carbocycles. The highest BCUT2D eigenvalue weighted by molar-refractivity contribution is 7.09. The zero-order valence-corrected chi connectivity index (χ0v) is 8.46. The summed E-state index contributed by atoms with van der Waals surface area (Å²) in [7, 11) is 0. The molecule has 4 N–H and O–H groups in total.